The molecule has 2 aromatic rings. The quantitative estimate of drug-likeness (QED) is 0.382. The molecule has 3 rings (SSSR count). The highest BCUT2D eigenvalue weighted by molar-refractivity contribution is 7.98. The summed E-state index contributed by atoms with van der Waals surface area (Å²) >= 11 is 1.45. The highest BCUT2D eigenvalue weighted by Crippen LogP contribution is 2.27. The molecule has 1 N–H and O–H groups in total. The minimum Gasteiger partial charge on any atom is -0.465 e. The number of anilines is 2. The molecule has 2 amide bonds. The molecule has 1 aromatic carbocycles. The second kappa shape index (κ2) is 11.9. The number of carbonyl (C=O) groups excluding carboxylic acids is 1. The van der Waals surface area contributed by atoms with Gasteiger partial charge < -0.3 is 24.5 Å². The molecule has 0 aliphatic carbocycles. The number of hydrogen-bond donors (Lipinski definition) is 1. The molecule has 10 heteroatoms. The van der Waals surface area contributed by atoms with Gasteiger partial charge in [0.05, 0.1) is 12.7 Å². The first-order valence-corrected chi connectivity index (χ1v) is 13.3. The van der Waals surface area contributed by atoms with Crippen molar-refractivity contribution >= 4 is 35.3 Å². The average molecular weight is 516 g/mol. The van der Waals surface area contributed by atoms with Gasteiger partial charge in [-0.25, -0.2) is 14.8 Å². The van der Waals surface area contributed by atoms with Gasteiger partial charge in [0.1, 0.15) is 11.4 Å². The van der Waals surface area contributed by atoms with Gasteiger partial charge in [0.15, 0.2) is 5.16 Å². The van der Waals surface area contributed by atoms with Gasteiger partial charge in [-0.3, -0.25) is 4.79 Å². The first-order valence-electron chi connectivity index (χ1n) is 12.1. The number of likely N-dealkylation sites (N-methyl/N-ethyl adjacent to an activating group) is 1. The number of amides is 2. The Kier molecular flexibility index (Phi) is 9.19. The van der Waals surface area contributed by atoms with Crippen molar-refractivity contribution in [1.29, 1.82) is 0 Å². The molecule has 0 bridgehead atoms. The van der Waals surface area contributed by atoms with Crippen molar-refractivity contribution in [3.05, 3.63) is 41.6 Å². The van der Waals surface area contributed by atoms with E-state index in [0.717, 1.165) is 11.3 Å². The standard InChI is InChI=1S/C26H37N5O4S/c1-18(10-11-30(25(33)34)17-26(2,3)4)35-16-19-8-7-9-20(14-19)31-13-12-29(5)22-21(23(31)32)15-27-24(28-22)36-6/h7-9,14-15,18H,10-13,16-17H2,1-6H3,(H,33,34). The van der Waals surface area contributed by atoms with Crippen LogP contribution in [0.25, 0.3) is 0 Å². The molecule has 0 fully saturated rings. The number of aromatic nitrogens is 2. The minimum atomic E-state index is -0.908. The van der Waals surface area contributed by atoms with Gasteiger partial charge in [0.25, 0.3) is 5.91 Å². The van der Waals surface area contributed by atoms with Crippen molar-refractivity contribution in [3.63, 3.8) is 0 Å². The molecule has 0 radical (unpaired) electrons. The molecular weight excluding hydrogens is 478 g/mol. The van der Waals surface area contributed by atoms with Gasteiger partial charge in [0.2, 0.25) is 0 Å². The molecule has 36 heavy (non-hydrogen) atoms. The molecule has 0 spiro atoms. The van der Waals surface area contributed by atoms with Gasteiger partial charge in [-0.15, -0.1) is 0 Å². The summed E-state index contributed by atoms with van der Waals surface area (Å²) < 4.78 is 6.03. The first kappa shape index (κ1) is 27.7. The zero-order valence-electron chi connectivity index (χ0n) is 22.0. The van der Waals surface area contributed by atoms with Gasteiger partial charge in [-0.2, -0.15) is 0 Å². The van der Waals surface area contributed by atoms with E-state index in [0.29, 0.717) is 55.7 Å². The summed E-state index contributed by atoms with van der Waals surface area (Å²) in [6, 6.07) is 7.78. The van der Waals surface area contributed by atoms with Crippen LogP contribution in [0.1, 0.15) is 50.0 Å². The van der Waals surface area contributed by atoms with Crippen LogP contribution in [-0.2, 0) is 11.3 Å². The number of benzene rings is 1. The van der Waals surface area contributed by atoms with Gasteiger partial charge in [-0.05, 0) is 42.7 Å². The Labute approximate surface area is 217 Å². The van der Waals surface area contributed by atoms with Crippen LogP contribution in [-0.4, -0.2) is 77.6 Å². The van der Waals surface area contributed by atoms with Gasteiger partial charge >= 0.3 is 6.09 Å². The number of fused-ring (bicyclic) bond motifs is 1. The Hall–Kier alpha value is -2.85. The lowest BCUT2D eigenvalue weighted by Gasteiger charge is -2.28. The summed E-state index contributed by atoms with van der Waals surface area (Å²) in [7, 11) is 1.94. The van der Waals surface area contributed by atoms with E-state index in [4.69, 9.17) is 4.74 Å². The van der Waals surface area contributed by atoms with E-state index < -0.39 is 6.09 Å². The normalized spacial score (nSPS) is 14.9. The van der Waals surface area contributed by atoms with E-state index in [1.807, 2.05) is 70.2 Å². The molecule has 1 atom stereocenters. The van der Waals surface area contributed by atoms with Crippen LogP contribution in [0.3, 0.4) is 0 Å². The summed E-state index contributed by atoms with van der Waals surface area (Å²) in [6.07, 6.45) is 3.11. The average Bonchev–Trinajstić information content (AvgIpc) is 2.95. The zero-order valence-corrected chi connectivity index (χ0v) is 22.8. The predicted octanol–water partition coefficient (Wildman–Crippen LogP) is 4.62. The summed E-state index contributed by atoms with van der Waals surface area (Å²) in [5, 5.41) is 10.1. The minimum absolute atomic E-state index is 0.105. The Bertz CT molecular complexity index is 1070. The van der Waals surface area contributed by atoms with Gasteiger partial charge in [0, 0.05) is 45.1 Å². The second-order valence-electron chi connectivity index (χ2n) is 10.3. The Morgan fingerprint density at radius 1 is 1.31 bits per heavy atom. The van der Waals surface area contributed by atoms with Crippen LogP contribution in [0.4, 0.5) is 16.3 Å². The highest BCUT2D eigenvalue weighted by Gasteiger charge is 2.28. The van der Waals surface area contributed by atoms with Crippen LogP contribution in [0.2, 0.25) is 0 Å². The largest absolute Gasteiger partial charge is 0.465 e. The number of thioether (sulfide) groups is 1. The first-order chi connectivity index (χ1) is 17.0. The van der Waals surface area contributed by atoms with E-state index in [-0.39, 0.29) is 17.4 Å². The summed E-state index contributed by atoms with van der Waals surface area (Å²) in [6.45, 7) is 10.5. The van der Waals surface area contributed by atoms with Crippen molar-refractivity contribution in [2.45, 2.75) is 52.0 Å². The van der Waals surface area contributed by atoms with E-state index in [2.05, 4.69) is 9.97 Å². The number of carbonyl (C=O) groups is 2. The lowest BCUT2D eigenvalue weighted by Crippen LogP contribution is -2.38. The second-order valence-corrected chi connectivity index (χ2v) is 11.1. The third-order valence-corrected chi connectivity index (χ3v) is 6.49. The fourth-order valence-electron chi connectivity index (χ4n) is 4.04. The van der Waals surface area contributed by atoms with Crippen LogP contribution in [0, 0.1) is 5.41 Å². The Balaban J connectivity index is 1.64. The van der Waals surface area contributed by atoms with Crippen molar-refractivity contribution < 1.29 is 19.4 Å². The topological polar surface area (TPSA) is 99.1 Å². The summed E-state index contributed by atoms with van der Waals surface area (Å²) in [5.41, 5.74) is 2.13. The number of nitrogens with zero attached hydrogens (tertiary/aromatic N) is 5. The van der Waals surface area contributed by atoms with E-state index in [1.54, 1.807) is 11.1 Å². The SMILES string of the molecule is CSc1ncc2c(n1)N(C)CCN(c1cccc(COC(C)CCN(CC(C)(C)C)C(=O)O)c1)C2=O. The molecule has 9 nitrogen and oxygen atoms in total. The third-order valence-electron chi connectivity index (χ3n) is 5.92. The predicted molar refractivity (Wildman–Crippen MR) is 143 cm³/mol. The maximum absolute atomic E-state index is 13.4. The Morgan fingerprint density at radius 2 is 2.06 bits per heavy atom. The Morgan fingerprint density at radius 3 is 2.72 bits per heavy atom. The molecule has 1 unspecified atom stereocenters. The van der Waals surface area contributed by atoms with Crippen LogP contribution in [0.5, 0.6) is 0 Å². The van der Waals surface area contributed by atoms with Crippen molar-refractivity contribution in [2.75, 3.05) is 49.3 Å². The van der Waals surface area contributed by atoms with Crippen molar-refractivity contribution in [1.82, 2.24) is 14.9 Å². The molecule has 1 aromatic heterocycles. The van der Waals surface area contributed by atoms with Crippen molar-refractivity contribution in [3.8, 4) is 0 Å². The van der Waals surface area contributed by atoms with E-state index in [9.17, 15) is 14.7 Å². The summed E-state index contributed by atoms with van der Waals surface area (Å²) in [4.78, 5) is 39.0. The van der Waals surface area contributed by atoms with Crippen LogP contribution in [0.15, 0.2) is 35.6 Å². The molecule has 196 valence electrons. The lowest BCUT2D eigenvalue weighted by atomic mass is 9.96. The van der Waals surface area contributed by atoms with E-state index >= 15 is 0 Å². The highest BCUT2D eigenvalue weighted by atomic mass is 32.2. The smallest absolute Gasteiger partial charge is 0.407 e. The molecule has 1 aliphatic rings. The number of hydrogen-bond acceptors (Lipinski definition) is 7. The van der Waals surface area contributed by atoms with Crippen molar-refractivity contribution in [2.24, 2.45) is 5.41 Å². The monoisotopic (exact) mass is 515 g/mol. The maximum Gasteiger partial charge on any atom is 0.407 e. The summed E-state index contributed by atoms with van der Waals surface area (Å²) in [5.74, 6) is 0.526. The maximum atomic E-state index is 13.4. The number of carboxylic acid groups (broad SMARTS) is 1. The lowest BCUT2D eigenvalue weighted by molar-refractivity contribution is 0.0380. The fourth-order valence-corrected chi connectivity index (χ4v) is 4.37. The molecular formula is C26H37N5O4S. The van der Waals surface area contributed by atoms with Crippen LogP contribution >= 0.6 is 11.8 Å². The van der Waals surface area contributed by atoms with E-state index in [1.165, 1.54) is 16.7 Å². The number of rotatable bonds is 9. The molecule has 0 saturated carbocycles. The fraction of sp³-hybridized carbons (Fsp3) is 0.538. The zero-order chi connectivity index (χ0) is 26.5. The third kappa shape index (κ3) is 7.33. The molecule has 2 heterocycles. The van der Waals surface area contributed by atoms with Crippen LogP contribution < -0.4 is 9.80 Å². The molecule has 1 aliphatic heterocycles. The molecule has 0 saturated heterocycles. The van der Waals surface area contributed by atoms with Gasteiger partial charge in [-0.1, -0.05) is 44.7 Å². The number of ether oxygens (including phenoxy) is 1.